The fourth-order valence-electron chi connectivity index (χ4n) is 1.34. The van der Waals surface area contributed by atoms with Crippen LogP contribution in [-0.4, -0.2) is 18.8 Å². The van der Waals surface area contributed by atoms with Gasteiger partial charge in [-0.3, -0.25) is 0 Å². The van der Waals surface area contributed by atoms with E-state index in [1.807, 2.05) is 24.3 Å². The summed E-state index contributed by atoms with van der Waals surface area (Å²) in [5.74, 6) is 0.673. The standard InChI is InChI=1S/C13H17N5O/c14-7-2-1-3-8-19-12-6-4-5-11(9-12)10-17-18-13(15)16/h4-6,9-10H,1-3,8H2,(H4,15,16,18). The van der Waals surface area contributed by atoms with E-state index in [-0.39, 0.29) is 5.96 Å². The number of nitrogens with zero attached hydrogens (tertiary/aromatic N) is 3. The maximum Gasteiger partial charge on any atom is 0.211 e. The lowest BCUT2D eigenvalue weighted by Crippen LogP contribution is -2.21. The van der Waals surface area contributed by atoms with E-state index >= 15 is 0 Å². The first-order valence-corrected chi connectivity index (χ1v) is 5.94. The van der Waals surface area contributed by atoms with Gasteiger partial charge in [-0.25, -0.2) is 0 Å². The van der Waals surface area contributed by atoms with Crippen LogP contribution >= 0.6 is 0 Å². The van der Waals surface area contributed by atoms with E-state index in [9.17, 15) is 0 Å². The number of hydrogen-bond donors (Lipinski definition) is 2. The lowest BCUT2D eigenvalue weighted by Gasteiger charge is -2.05. The Balaban J connectivity index is 2.46. The van der Waals surface area contributed by atoms with Gasteiger partial charge in [0.1, 0.15) is 5.75 Å². The summed E-state index contributed by atoms with van der Waals surface area (Å²) in [6.45, 7) is 0.593. The van der Waals surface area contributed by atoms with E-state index < -0.39 is 0 Å². The van der Waals surface area contributed by atoms with E-state index in [1.165, 1.54) is 0 Å². The normalized spacial score (nSPS) is 10.1. The zero-order chi connectivity index (χ0) is 13.9. The molecule has 1 aromatic rings. The van der Waals surface area contributed by atoms with Crippen molar-refractivity contribution in [2.75, 3.05) is 6.61 Å². The number of guanidine groups is 1. The summed E-state index contributed by atoms with van der Waals surface area (Å²) in [6.07, 6.45) is 3.82. The lowest BCUT2D eigenvalue weighted by atomic mass is 10.2. The van der Waals surface area contributed by atoms with Crippen LogP contribution < -0.4 is 16.2 Å². The number of rotatable bonds is 7. The van der Waals surface area contributed by atoms with E-state index in [4.69, 9.17) is 21.5 Å². The van der Waals surface area contributed by atoms with Crippen molar-refractivity contribution in [3.05, 3.63) is 29.8 Å². The molecule has 0 heterocycles. The van der Waals surface area contributed by atoms with Crippen LogP contribution in [0.15, 0.2) is 34.5 Å². The Morgan fingerprint density at radius 2 is 2.21 bits per heavy atom. The molecule has 0 saturated heterocycles. The van der Waals surface area contributed by atoms with Crippen molar-refractivity contribution in [2.24, 2.45) is 21.7 Å². The van der Waals surface area contributed by atoms with Gasteiger partial charge < -0.3 is 16.2 Å². The molecule has 1 aromatic carbocycles. The van der Waals surface area contributed by atoms with E-state index in [0.717, 1.165) is 24.2 Å². The van der Waals surface area contributed by atoms with Crippen LogP contribution in [0.25, 0.3) is 0 Å². The molecule has 0 aliphatic carbocycles. The zero-order valence-corrected chi connectivity index (χ0v) is 10.6. The average molecular weight is 259 g/mol. The molecule has 1 rings (SSSR count). The van der Waals surface area contributed by atoms with Gasteiger partial charge in [0, 0.05) is 6.42 Å². The molecule has 6 nitrogen and oxygen atoms in total. The molecule has 100 valence electrons. The molecule has 0 aromatic heterocycles. The first-order chi connectivity index (χ1) is 9.22. The Morgan fingerprint density at radius 1 is 1.37 bits per heavy atom. The molecule has 0 amide bonds. The quantitative estimate of drug-likeness (QED) is 0.333. The van der Waals surface area contributed by atoms with Gasteiger partial charge >= 0.3 is 0 Å². The van der Waals surface area contributed by atoms with E-state index in [0.29, 0.717) is 13.0 Å². The molecule has 0 unspecified atom stereocenters. The maximum absolute atomic E-state index is 8.41. The average Bonchev–Trinajstić information content (AvgIpc) is 2.39. The largest absolute Gasteiger partial charge is 0.494 e. The van der Waals surface area contributed by atoms with Crippen LogP contribution in [-0.2, 0) is 0 Å². The SMILES string of the molecule is N#CCCCCOc1cccc(C=NN=C(N)N)c1. The summed E-state index contributed by atoms with van der Waals surface area (Å²) >= 11 is 0. The Hall–Kier alpha value is -2.55. The number of unbranched alkanes of at least 4 members (excludes halogenated alkanes) is 2. The van der Waals surface area contributed by atoms with Crippen molar-refractivity contribution in [1.29, 1.82) is 5.26 Å². The van der Waals surface area contributed by atoms with Crippen molar-refractivity contribution in [1.82, 2.24) is 0 Å². The highest BCUT2D eigenvalue weighted by Crippen LogP contribution is 2.12. The number of nitriles is 1. The van der Waals surface area contributed by atoms with Crippen molar-refractivity contribution in [2.45, 2.75) is 19.3 Å². The van der Waals surface area contributed by atoms with Crippen molar-refractivity contribution >= 4 is 12.2 Å². The van der Waals surface area contributed by atoms with Crippen LogP contribution in [0.4, 0.5) is 0 Å². The predicted molar refractivity (Wildman–Crippen MR) is 74.8 cm³/mol. The molecule has 0 radical (unpaired) electrons. The summed E-state index contributed by atoms with van der Waals surface area (Å²) in [6, 6.07) is 9.54. The van der Waals surface area contributed by atoms with Crippen LogP contribution in [0.1, 0.15) is 24.8 Å². The molecular formula is C13H17N5O. The highest BCUT2D eigenvalue weighted by Gasteiger charge is 1.95. The Kier molecular flexibility index (Phi) is 6.51. The molecule has 0 fully saturated rings. The third-order valence-corrected chi connectivity index (χ3v) is 2.19. The fraction of sp³-hybridized carbons (Fsp3) is 0.308. The molecule has 0 aliphatic rings. The minimum Gasteiger partial charge on any atom is -0.494 e. The minimum absolute atomic E-state index is 0.0823. The summed E-state index contributed by atoms with van der Waals surface area (Å²) in [5.41, 5.74) is 11.2. The Morgan fingerprint density at radius 3 is 2.95 bits per heavy atom. The minimum atomic E-state index is -0.0823. The van der Waals surface area contributed by atoms with Gasteiger partial charge in [-0.15, -0.1) is 5.10 Å². The smallest absolute Gasteiger partial charge is 0.211 e. The summed E-state index contributed by atoms with van der Waals surface area (Å²) in [7, 11) is 0. The molecule has 0 bridgehead atoms. The van der Waals surface area contributed by atoms with E-state index in [2.05, 4.69) is 16.3 Å². The molecule has 0 saturated carbocycles. The predicted octanol–water partition coefficient (Wildman–Crippen LogP) is 1.37. The van der Waals surface area contributed by atoms with Crippen molar-refractivity contribution < 1.29 is 4.74 Å². The highest BCUT2D eigenvalue weighted by atomic mass is 16.5. The number of benzene rings is 1. The molecule has 6 heteroatoms. The summed E-state index contributed by atoms with van der Waals surface area (Å²) in [5, 5.41) is 15.6. The van der Waals surface area contributed by atoms with Crippen LogP contribution in [0.3, 0.4) is 0 Å². The number of ether oxygens (including phenoxy) is 1. The lowest BCUT2D eigenvalue weighted by molar-refractivity contribution is 0.307. The zero-order valence-electron chi connectivity index (χ0n) is 10.6. The first-order valence-electron chi connectivity index (χ1n) is 5.94. The van der Waals surface area contributed by atoms with Gasteiger partial charge in [0.15, 0.2) is 0 Å². The second-order valence-corrected chi connectivity index (χ2v) is 3.81. The molecule has 19 heavy (non-hydrogen) atoms. The molecule has 4 N–H and O–H groups in total. The fourth-order valence-corrected chi connectivity index (χ4v) is 1.34. The van der Waals surface area contributed by atoms with Gasteiger partial charge in [-0.2, -0.15) is 10.4 Å². The second kappa shape index (κ2) is 8.53. The molecule has 0 atom stereocenters. The van der Waals surface area contributed by atoms with Crippen LogP contribution in [0.2, 0.25) is 0 Å². The van der Waals surface area contributed by atoms with Gasteiger partial charge in [-0.1, -0.05) is 12.1 Å². The topological polar surface area (TPSA) is 110 Å². The van der Waals surface area contributed by atoms with Crippen molar-refractivity contribution in [3.63, 3.8) is 0 Å². The number of nitrogens with two attached hydrogens (primary N) is 2. The Labute approximate surface area is 112 Å². The molecule has 0 aliphatic heterocycles. The molecular weight excluding hydrogens is 242 g/mol. The first kappa shape index (κ1) is 14.5. The van der Waals surface area contributed by atoms with Crippen LogP contribution in [0.5, 0.6) is 5.75 Å². The van der Waals surface area contributed by atoms with Crippen molar-refractivity contribution in [3.8, 4) is 11.8 Å². The monoisotopic (exact) mass is 259 g/mol. The highest BCUT2D eigenvalue weighted by molar-refractivity contribution is 5.81. The van der Waals surface area contributed by atoms with Gasteiger partial charge in [0.05, 0.1) is 18.9 Å². The second-order valence-electron chi connectivity index (χ2n) is 3.81. The number of hydrogen-bond acceptors (Lipinski definition) is 4. The third-order valence-electron chi connectivity index (χ3n) is 2.19. The molecule has 0 spiro atoms. The van der Waals surface area contributed by atoms with Gasteiger partial charge in [-0.05, 0) is 30.5 Å². The van der Waals surface area contributed by atoms with Crippen LogP contribution in [0, 0.1) is 11.3 Å². The Bertz CT molecular complexity index is 486. The summed E-state index contributed by atoms with van der Waals surface area (Å²) in [4.78, 5) is 0. The van der Waals surface area contributed by atoms with Gasteiger partial charge in [0.25, 0.3) is 0 Å². The van der Waals surface area contributed by atoms with E-state index in [1.54, 1.807) is 6.21 Å². The summed E-state index contributed by atoms with van der Waals surface area (Å²) < 4.78 is 5.56. The van der Waals surface area contributed by atoms with Gasteiger partial charge in [0.2, 0.25) is 5.96 Å². The third kappa shape index (κ3) is 6.68. The maximum atomic E-state index is 8.41.